The molecular weight excluding hydrogens is 228 g/mol. The molecule has 0 aliphatic heterocycles. The zero-order chi connectivity index (χ0) is 9.47. The number of nitriles is 1. The van der Waals surface area contributed by atoms with E-state index in [-0.39, 0.29) is 5.41 Å². The van der Waals surface area contributed by atoms with Gasteiger partial charge in [-0.25, -0.2) is 0 Å². The molecule has 3 heteroatoms. The minimum atomic E-state index is -0.230. The highest BCUT2D eigenvalue weighted by atomic mass is 79.9. The maximum absolute atomic E-state index is 9.00. The molecule has 0 heterocycles. The topological polar surface area (TPSA) is 49.8 Å². The van der Waals surface area contributed by atoms with Crippen LogP contribution in [0.15, 0.2) is 22.7 Å². The minimum absolute atomic E-state index is 0.230. The zero-order valence-corrected chi connectivity index (χ0v) is 8.63. The van der Waals surface area contributed by atoms with Gasteiger partial charge in [0.25, 0.3) is 0 Å². The van der Waals surface area contributed by atoms with Gasteiger partial charge in [0.05, 0.1) is 11.5 Å². The molecule has 1 fully saturated rings. The monoisotopic (exact) mass is 236 g/mol. The summed E-state index contributed by atoms with van der Waals surface area (Å²) >= 11 is 3.43. The van der Waals surface area contributed by atoms with Crippen LogP contribution in [0.4, 0.5) is 5.69 Å². The summed E-state index contributed by atoms with van der Waals surface area (Å²) in [5, 5.41) is 9.00. The Hall–Kier alpha value is -1.01. The fraction of sp³-hybridized carbons (Fsp3) is 0.300. The van der Waals surface area contributed by atoms with Gasteiger partial charge in [0.1, 0.15) is 0 Å². The second-order valence-electron chi connectivity index (χ2n) is 3.43. The summed E-state index contributed by atoms with van der Waals surface area (Å²) in [6, 6.07) is 8.00. The standard InChI is InChI=1S/C10H9BrN2/c11-9-5-7(13)1-2-8(9)10(6-12)3-4-10/h1-2,5H,3-4,13H2. The number of nitrogen functional groups attached to an aromatic ring is 1. The van der Waals surface area contributed by atoms with Crippen molar-refractivity contribution < 1.29 is 0 Å². The fourth-order valence-electron chi connectivity index (χ4n) is 1.49. The summed E-state index contributed by atoms with van der Waals surface area (Å²) in [5.41, 5.74) is 7.19. The Bertz CT molecular complexity index is 388. The summed E-state index contributed by atoms with van der Waals surface area (Å²) in [7, 11) is 0. The summed E-state index contributed by atoms with van der Waals surface area (Å²) in [5.74, 6) is 0. The van der Waals surface area contributed by atoms with Gasteiger partial charge in [-0.3, -0.25) is 0 Å². The van der Waals surface area contributed by atoms with Crippen LogP contribution in [0.2, 0.25) is 0 Å². The van der Waals surface area contributed by atoms with Crippen molar-refractivity contribution >= 4 is 21.6 Å². The van der Waals surface area contributed by atoms with Crippen molar-refractivity contribution in [2.24, 2.45) is 0 Å². The van der Waals surface area contributed by atoms with Gasteiger partial charge in [-0.15, -0.1) is 0 Å². The molecule has 1 aromatic rings. The average Bonchev–Trinajstić information content (AvgIpc) is 2.85. The van der Waals surface area contributed by atoms with Crippen LogP contribution in [-0.4, -0.2) is 0 Å². The van der Waals surface area contributed by atoms with Gasteiger partial charge in [-0.05, 0) is 30.5 Å². The first-order valence-electron chi connectivity index (χ1n) is 4.15. The van der Waals surface area contributed by atoms with Crippen LogP contribution in [-0.2, 0) is 5.41 Å². The van der Waals surface area contributed by atoms with Crippen LogP contribution < -0.4 is 5.73 Å². The predicted molar refractivity (Wildman–Crippen MR) is 55.1 cm³/mol. The first-order chi connectivity index (χ1) is 6.18. The van der Waals surface area contributed by atoms with Crippen molar-refractivity contribution in [2.45, 2.75) is 18.3 Å². The Balaban J connectivity index is 2.48. The Morgan fingerprint density at radius 3 is 2.62 bits per heavy atom. The van der Waals surface area contributed by atoms with Crippen molar-refractivity contribution in [2.75, 3.05) is 5.73 Å². The Kier molecular flexibility index (Phi) is 1.81. The van der Waals surface area contributed by atoms with E-state index < -0.39 is 0 Å². The lowest BCUT2D eigenvalue weighted by atomic mass is 9.98. The van der Waals surface area contributed by atoms with E-state index in [4.69, 9.17) is 11.0 Å². The number of hydrogen-bond donors (Lipinski definition) is 1. The van der Waals surface area contributed by atoms with E-state index in [1.807, 2.05) is 18.2 Å². The second-order valence-corrected chi connectivity index (χ2v) is 4.29. The molecule has 2 N–H and O–H groups in total. The summed E-state index contributed by atoms with van der Waals surface area (Å²) in [6.45, 7) is 0. The van der Waals surface area contributed by atoms with Gasteiger partial charge in [0.15, 0.2) is 0 Å². The molecule has 0 bridgehead atoms. The number of benzene rings is 1. The fourth-order valence-corrected chi connectivity index (χ4v) is 2.26. The highest BCUT2D eigenvalue weighted by Gasteiger charge is 2.45. The molecule has 0 unspecified atom stereocenters. The lowest BCUT2D eigenvalue weighted by Gasteiger charge is -2.08. The lowest BCUT2D eigenvalue weighted by Crippen LogP contribution is -2.03. The normalized spacial score (nSPS) is 17.8. The van der Waals surface area contributed by atoms with Gasteiger partial charge in [0, 0.05) is 10.2 Å². The maximum Gasteiger partial charge on any atom is 0.0834 e. The molecule has 0 atom stereocenters. The van der Waals surface area contributed by atoms with Crippen LogP contribution in [0.25, 0.3) is 0 Å². The van der Waals surface area contributed by atoms with Crippen molar-refractivity contribution in [3.63, 3.8) is 0 Å². The van der Waals surface area contributed by atoms with E-state index >= 15 is 0 Å². The number of nitrogens with two attached hydrogens (primary N) is 1. The molecule has 66 valence electrons. The largest absolute Gasteiger partial charge is 0.399 e. The van der Waals surface area contributed by atoms with E-state index in [9.17, 15) is 0 Å². The van der Waals surface area contributed by atoms with Gasteiger partial charge in [-0.2, -0.15) is 5.26 Å². The summed E-state index contributed by atoms with van der Waals surface area (Å²) in [6.07, 6.45) is 1.93. The first kappa shape index (κ1) is 8.58. The third-order valence-corrected chi connectivity index (χ3v) is 3.13. The van der Waals surface area contributed by atoms with Gasteiger partial charge in [0.2, 0.25) is 0 Å². The SMILES string of the molecule is N#CC1(c2ccc(N)cc2Br)CC1. The molecule has 0 spiro atoms. The number of halogens is 1. The van der Waals surface area contributed by atoms with E-state index in [1.165, 1.54) is 0 Å². The van der Waals surface area contributed by atoms with Crippen LogP contribution >= 0.6 is 15.9 Å². The molecular formula is C10H9BrN2. The number of hydrogen-bond acceptors (Lipinski definition) is 2. The Morgan fingerprint density at radius 1 is 1.46 bits per heavy atom. The second kappa shape index (κ2) is 2.74. The van der Waals surface area contributed by atoms with Gasteiger partial charge >= 0.3 is 0 Å². The highest BCUT2D eigenvalue weighted by Crippen LogP contribution is 2.50. The third kappa shape index (κ3) is 1.31. The number of nitrogens with zero attached hydrogens (tertiary/aromatic N) is 1. The van der Waals surface area contributed by atoms with E-state index in [0.717, 1.165) is 28.6 Å². The van der Waals surface area contributed by atoms with Crippen molar-refractivity contribution in [1.29, 1.82) is 5.26 Å². The van der Waals surface area contributed by atoms with Crippen LogP contribution in [0.1, 0.15) is 18.4 Å². The van der Waals surface area contributed by atoms with Gasteiger partial charge < -0.3 is 5.73 Å². The van der Waals surface area contributed by atoms with Crippen molar-refractivity contribution in [3.05, 3.63) is 28.2 Å². The quantitative estimate of drug-likeness (QED) is 0.763. The molecule has 1 aliphatic rings. The molecule has 1 aliphatic carbocycles. The lowest BCUT2D eigenvalue weighted by molar-refractivity contribution is 0.902. The van der Waals surface area contributed by atoms with Crippen molar-refractivity contribution in [3.8, 4) is 6.07 Å². The van der Waals surface area contributed by atoms with Crippen molar-refractivity contribution in [1.82, 2.24) is 0 Å². The third-order valence-electron chi connectivity index (χ3n) is 2.47. The Morgan fingerprint density at radius 2 is 2.15 bits per heavy atom. The molecule has 2 nitrogen and oxygen atoms in total. The van der Waals surface area contributed by atoms with E-state index in [2.05, 4.69) is 22.0 Å². The van der Waals surface area contributed by atoms with E-state index in [0.29, 0.717) is 0 Å². The zero-order valence-electron chi connectivity index (χ0n) is 7.05. The molecule has 13 heavy (non-hydrogen) atoms. The number of anilines is 1. The Labute approximate surface area is 85.5 Å². The first-order valence-corrected chi connectivity index (χ1v) is 4.94. The molecule has 1 saturated carbocycles. The van der Waals surface area contributed by atoms with Crippen LogP contribution in [0.5, 0.6) is 0 Å². The molecule has 0 amide bonds. The van der Waals surface area contributed by atoms with Crippen LogP contribution in [0.3, 0.4) is 0 Å². The summed E-state index contributed by atoms with van der Waals surface area (Å²) < 4.78 is 0.951. The summed E-state index contributed by atoms with van der Waals surface area (Å²) in [4.78, 5) is 0. The smallest absolute Gasteiger partial charge is 0.0834 e. The molecule has 2 rings (SSSR count). The minimum Gasteiger partial charge on any atom is -0.399 e. The predicted octanol–water partition coefficient (Wildman–Crippen LogP) is 2.59. The molecule has 0 aromatic heterocycles. The molecule has 0 radical (unpaired) electrons. The van der Waals surface area contributed by atoms with Crippen LogP contribution in [0, 0.1) is 11.3 Å². The molecule has 1 aromatic carbocycles. The maximum atomic E-state index is 9.00. The number of rotatable bonds is 1. The van der Waals surface area contributed by atoms with Gasteiger partial charge in [-0.1, -0.05) is 22.0 Å². The highest BCUT2D eigenvalue weighted by molar-refractivity contribution is 9.10. The molecule has 0 saturated heterocycles. The average molecular weight is 237 g/mol. The van der Waals surface area contributed by atoms with E-state index in [1.54, 1.807) is 0 Å².